The van der Waals surface area contributed by atoms with Crippen LogP contribution in [-0.2, 0) is 6.54 Å². The quantitative estimate of drug-likeness (QED) is 0.548. The Balaban J connectivity index is 1.54. The maximum Gasteiger partial charge on any atom is 0.251 e. The van der Waals surface area contributed by atoms with Crippen molar-refractivity contribution in [3.8, 4) is 17.1 Å². The molecule has 1 heterocycles. The monoisotopic (exact) mass is 384 g/mol. The summed E-state index contributed by atoms with van der Waals surface area (Å²) < 4.78 is 10.9. The maximum absolute atomic E-state index is 12.3. The molecule has 0 radical (unpaired) electrons. The number of halogens is 1. The zero-order valence-corrected chi connectivity index (χ0v) is 15.8. The van der Waals surface area contributed by atoms with Crippen LogP contribution < -0.4 is 10.1 Å². The summed E-state index contributed by atoms with van der Waals surface area (Å²) in [5, 5.41) is 7.49. The van der Waals surface area contributed by atoms with Crippen molar-refractivity contribution in [3.05, 3.63) is 70.9 Å². The summed E-state index contributed by atoms with van der Waals surface area (Å²) in [5.41, 5.74) is 2.09. The highest BCUT2D eigenvalue weighted by Crippen LogP contribution is 2.22. The van der Waals surface area contributed by atoms with Crippen molar-refractivity contribution < 1.29 is 14.1 Å². The summed E-state index contributed by atoms with van der Waals surface area (Å²) in [6.45, 7) is 3.08. The molecule has 0 spiro atoms. The number of hydrogen-bond donors (Lipinski definition) is 1. The number of ether oxygens (including phenoxy) is 1. The lowest BCUT2D eigenvalue weighted by molar-refractivity contribution is 0.0950. The van der Waals surface area contributed by atoms with E-state index in [9.17, 15) is 4.79 Å². The third-order valence-electron chi connectivity index (χ3n) is 4.00. The Kier molecular flexibility index (Phi) is 6.49. The highest BCUT2D eigenvalue weighted by molar-refractivity contribution is 6.30. The van der Waals surface area contributed by atoms with E-state index in [0.717, 1.165) is 24.2 Å². The molecule has 27 heavy (non-hydrogen) atoms. The van der Waals surface area contributed by atoms with E-state index in [1.54, 1.807) is 42.5 Å². The van der Waals surface area contributed by atoms with Crippen LogP contribution in [0.1, 0.15) is 35.8 Å². The second-order valence-corrected chi connectivity index (χ2v) is 6.53. The van der Waals surface area contributed by atoms with E-state index in [2.05, 4.69) is 17.4 Å². The zero-order chi connectivity index (χ0) is 19.1. The number of unbranched alkanes of at least 4 members (excludes halogenated alkanes) is 1. The van der Waals surface area contributed by atoms with Crippen LogP contribution in [0, 0.1) is 0 Å². The van der Waals surface area contributed by atoms with Gasteiger partial charge in [-0.1, -0.05) is 30.1 Å². The van der Waals surface area contributed by atoms with Crippen molar-refractivity contribution in [2.75, 3.05) is 6.61 Å². The molecule has 2 aromatic carbocycles. The molecule has 0 aliphatic carbocycles. The second kappa shape index (κ2) is 9.24. The van der Waals surface area contributed by atoms with Crippen molar-refractivity contribution in [3.63, 3.8) is 0 Å². The Bertz CT molecular complexity index is 873. The molecule has 6 heteroatoms. The first-order valence-corrected chi connectivity index (χ1v) is 9.26. The van der Waals surface area contributed by atoms with E-state index in [1.165, 1.54) is 0 Å². The Labute approximate surface area is 163 Å². The van der Waals surface area contributed by atoms with Crippen LogP contribution in [-0.4, -0.2) is 17.7 Å². The molecule has 0 aliphatic rings. The molecule has 0 unspecified atom stereocenters. The van der Waals surface area contributed by atoms with Crippen molar-refractivity contribution >= 4 is 17.5 Å². The first-order valence-electron chi connectivity index (χ1n) is 8.88. The fourth-order valence-corrected chi connectivity index (χ4v) is 2.58. The molecule has 0 aliphatic heterocycles. The molecule has 0 atom stereocenters. The normalized spacial score (nSPS) is 10.6. The molecule has 3 rings (SSSR count). The zero-order valence-electron chi connectivity index (χ0n) is 15.1. The van der Waals surface area contributed by atoms with Crippen molar-refractivity contribution in [1.29, 1.82) is 0 Å². The minimum atomic E-state index is -0.175. The van der Waals surface area contributed by atoms with Crippen LogP contribution in [0.3, 0.4) is 0 Å². The first-order chi connectivity index (χ1) is 13.2. The van der Waals surface area contributed by atoms with Gasteiger partial charge in [0.2, 0.25) is 0 Å². The number of hydrogen-bond acceptors (Lipinski definition) is 4. The Hall–Kier alpha value is -2.79. The van der Waals surface area contributed by atoms with E-state index in [4.69, 9.17) is 20.9 Å². The Morgan fingerprint density at radius 3 is 2.59 bits per heavy atom. The number of amides is 1. The number of rotatable bonds is 8. The molecule has 3 aromatic rings. The molecule has 0 saturated carbocycles. The average Bonchev–Trinajstić information content (AvgIpc) is 3.16. The molecule has 5 nitrogen and oxygen atoms in total. The topological polar surface area (TPSA) is 64.4 Å². The van der Waals surface area contributed by atoms with E-state index in [-0.39, 0.29) is 12.5 Å². The standard InChI is InChI=1S/C21H21ClN2O3/c1-2-3-12-26-19-10-6-16(7-11-19)21(25)23-14-18-13-20(27-24-18)15-4-8-17(22)9-5-15/h4-11,13H,2-3,12,14H2,1H3,(H,23,25). The number of benzene rings is 2. The smallest absolute Gasteiger partial charge is 0.251 e. The van der Waals surface area contributed by atoms with Gasteiger partial charge in [0.15, 0.2) is 5.76 Å². The average molecular weight is 385 g/mol. The predicted molar refractivity (Wildman–Crippen MR) is 105 cm³/mol. The van der Waals surface area contributed by atoms with E-state index < -0.39 is 0 Å². The van der Waals surface area contributed by atoms with Gasteiger partial charge in [0.1, 0.15) is 11.4 Å². The number of nitrogens with zero attached hydrogens (tertiary/aromatic N) is 1. The van der Waals surface area contributed by atoms with Gasteiger partial charge in [-0.15, -0.1) is 0 Å². The number of carbonyl (C=O) groups is 1. The molecule has 1 aromatic heterocycles. The summed E-state index contributed by atoms with van der Waals surface area (Å²) in [4.78, 5) is 12.3. The van der Waals surface area contributed by atoms with Gasteiger partial charge >= 0.3 is 0 Å². The largest absolute Gasteiger partial charge is 0.494 e. The summed E-state index contributed by atoms with van der Waals surface area (Å²) in [7, 11) is 0. The fraction of sp³-hybridized carbons (Fsp3) is 0.238. The highest BCUT2D eigenvalue weighted by atomic mass is 35.5. The van der Waals surface area contributed by atoms with Gasteiger partial charge in [0, 0.05) is 22.2 Å². The second-order valence-electron chi connectivity index (χ2n) is 6.10. The lowest BCUT2D eigenvalue weighted by Crippen LogP contribution is -2.22. The minimum absolute atomic E-state index is 0.175. The van der Waals surface area contributed by atoms with E-state index >= 15 is 0 Å². The van der Waals surface area contributed by atoms with Gasteiger partial charge in [-0.2, -0.15) is 0 Å². The lowest BCUT2D eigenvalue weighted by atomic mass is 10.1. The summed E-state index contributed by atoms with van der Waals surface area (Å²) in [6, 6.07) is 16.2. The van der Waals surface area contributed by atoms with Crippen LogP contribution in [0.2, 0.25) is 5.02 Å². The third-order valence-corrected chi connectivity index (χ3v) is 4.25. The van der Waals surface area contributed by atoms with E-state index in [0.29, 0.717) is 28.6 Å². The summed E-state index contributed by atoms with van der Waals surface area (Å²) >= 11 is 5.89. The number of carbonyl (C=O) groups excluding carboxylic acids is 1. The van der Waals surface area contributed by atoms with Crippen LogP contribution in [0.15, 0.2) is 59.1 Å². The van der Waals surface area contributed by atoms with Crippen LogP contribution in [0.25, 0.3) is 11.3 Å². The molecular weight excluding hydrogens is 364 g/mol. The maximum atomic E-state index is 12.3. The number of nitrogens with one attached hydrogen (secondary N) is 1. The molecule has 0 saturated heterocycles. The van der Waals surface area contributed by atoms with Gasteiger partial charge < -0.3 is 14.6 Å². The summed E-state index contributed by atoms with van der Waals surface area (Å²) in [6.07, 6.45) is 2.10. The summed E-state index contributed by atoms with van der Waals surface area (Å²) in [5.74, 6) is 1.22. The molecule has 0 fully saturated rings. The van der Waals surface area contributed by atoms with Crippen LogP contribution in [0.5, 0.6) is 5.75 Å². The molecule has 140 valence electrons. The Morgan fingerprint density at radius 1 is 1.15 bits per heavy atom. The molecule has 1 N–H and O–H groups in total. The Morgan fingerprint density at radius 2 is 1.89 bits per heavy atom. The van der Waals surface area contributed by atoms with Gasteiger partial charge in [-0.05, 0) is 55.0 Å². The van der Waals surface area contributed by atoms with Gasteiger partial charge in [-0.25, -0.2) is 0 Å². The lowest BCUT2D eigenvalue weighted by Gasteiger charge is -2.07. The number of aromatic nitrogens is 1. The van der Waals surface area contributed by atoms with Gasteiger partial charge in [0.25, 0.3) is 5.91 Å². The fourth-order valence-electron chi connectivity index (χ4n) is 2.46. The van der Waals surface area contributed by atoms with Crippen LogP contribution in [0.4, 0.5) is 0 Å². The van der Waals surface area contributed by atoms with E-state index in [1.807, 2.05) is 12.1 Å². The molecular formula is C21H21ClN2O3. The minimum Gasteiger partial charge on any atom is -0.494 e. The van der Waals surface area contributed by atoms with Crippen molar-refractivity contribution in [2.45, 2.75) is 26.3 Å². The predicted octanol–water partition coefficient (Wildman–Crippen LogP) is 5.10. The SMILES string of the molecule is CCCCOc1ccc(C(=O)NCc2cc(-c3ccc(Cl)cc3)on2)cc1. The molecule has 1 amide bonds. The molecule has 0 bridgehead atoms. The van der Waals surface area contributed by atoms with Gasteiger partial charge in [-0.3, -0.25) is 4.79 Å². The highest BCUT2D eigenvalue weighted by Gasteiger charge is 2.10. The van der Waals surface area contributed by atoms with Crippen molar-refractivity contribution in [1.82, 2.24) is 10.5 Å². The van der Waals surface area contributed by atoms with Crippen molar-refractivity contribution in [2.24, 2.45) is 0 Å². The third kappa shape index (κ3) is 5.34. The first kappa shape index (κ1) is 19.0. The van der Waals surface area contributed by atoms with Gasteiger partial charge in [0.05, 0.1) is 13.2 Å². The van der Waals surface area contributed by atoms with Crippen LogP contribution >= 0.6 is 11.6 Å².